The molecular formula is C23H24N4O2S. The molecule has 1 aromatic carbocycles. The summed E-state index contributed by atoms with van der Waals surface area (Å²) in [5.41, 5.74) is 9.97. The van der Waals surface area contributed by atoms with Gasteiger partial charge in [-0.05, 0) is 49.2 Å². The number of aryl methyl sites for hydroxylation is 1. The number of rotatable bonds is 5. The fraction of sp³-hybridized carbons (Fsp3) is 0.304. The zero-order chi connectivity index (χ0) is 21.3. The number of nitriles is 1. The van der Waals surface area contributed by atoms with Gasteiger partial charge in [0.2, 0.25) is 0 Å². The topological polar surface area (TPSA) is 84.4 Å². The molecule has 4 rings (SSSR count). The first-order valence-corrected chi connectivity index (χ1v) is 10.6. The third-order valence-electron chi connectivity index (χ3n) is 5.41. The van der Waals surface area contributed by atoms with Crippen molar-refractivity contribution < 1.29 is 9.47 Å². The number of anilines is 2. The molecule has 6 nitrogen and oxygen atoms in total. The van der Waals surface area contributed by atoms with Gasteiger partial charge in [-0.3, -0.25) is 0 Å². The minimum atomic E-state index is 0.222. The summed E-state index contributed by atoms with van der Waals surface area (Å²) in [4.78, 5) is 8.85. The Morgan fingerprint density at radius 3 is 2.70 bits per heavy atom. The van der Waals surface area contributed by atoms with Crippen molar-refractivity contribution in [2.75, 3.05) is 37.9 Å². The third kappa shape index (κ3) is 3.84. The number of ether oxygens (including phenoxy) is 2. The molecule has 1 fully saturated rings. The molecule has 3 heterocycles. The van der Waals surface area contributed by atoms with Crippen molar-refractivity contribution in [3.05, 3.63) is 46.8 Å². The van der Waals surface area contributed by atoms with Crippen molar-refractivity contribution in [1.82, 2.24) is 4.98 Å². The van der Waals surface area contributed by atoms with Gasteiger partial charge in [0, 0.05) is 42.4 Å². The van der Waals surface area contributed by atoms with Crippen LogP contribution in [-0.4, -0.2) is 38.4 Å². The van der Waals surface area contributed by atoms with E-state index in [-0.39, 0.29) is 6.10 Å². The van der Waals surface area contributed by atoms with E-state index in [1.807, 2.05) is 31.2 Å². The van der Waals surface area contributed by atoms with E-state index < -0.39 is 0 Å². The number of nitrogen functional groups attached to an aromatic ring is 1. The molecule has 1 atom stereocenters. The molecule has 2 N–H and O–H groups in total. The summed E-state index contributed by atoms with van der Waals surface area (Å²) in [6, 6.07) is 14.2. The molecule has 1 saturated heterocycles. The summed E-state index contributed by atoms with van der Waals surface area (Å²) >= 11 is 1.60. The van der Waals surface area contributed by atoms with E-state index in [0.717, 1.165) is 51.8 Å². The molecule has 0 bridgehead atoms. The molecule has 0 aliphatic carbocycles. The van der Waals surface area contributed by atoms with E-state index >= 15 is 0 Å². The predicted molar refractivity (Wildman–Crippen MR) is 121 cm³/mol. The first-order valence-electron chi connectivity index (χ1n) is 9.77. The fourth-order valence-electron chi connectivity index (χ4n) is 3.84. The molecular weight excluding hydrogens is 396 g/mol. The molecule has 154 valence electrons. The van der Waals surface area contributed by atoms with Crippen LogP contribution in [0.15, 0.2) is 36.4 Å². The van der Waals surface area contributed by atoms with Gasteiger partial charge < -0.3 is 20.1 Å². The number of methoxy groups -OCH3 is 2. The van der Waals surface area contributed by atoms with Crippen LogP contribution in [0.1, 0.15) is 16.9 Å². The van der Waals surface area contributed by atoms with Gasteiger partial charge in [-0.25, -0.2) is 4.98 Å². The Morgan fingerprint density at radius 2 is 2.07 bits per heavy atom. The molecule has 7 heteroatoms. The molecule has 0 radical (unpaired) electrons. The standard InChI is InChI=1S/C23H24N4O2S/c1-14-4-5-21(30-14)23-20(12-24)19(11-22(25)26-23)15-8-16(10-18(9-15)29-3)27-7-6-17(13-27)28-2/h4-5,8-11,17H,6-7,13H2,1-3H3,(H2,25,26). The molecule has 1 unspecified atom stereocenters. The minimum absolute atomic E-state index is 0.222. The Kier molecular flexibility index (Phi) is 5.62. The molecule has 30 heavy (non-hydrogen) atoms. The Balaban J connectivity index is 1.85. The minimum Gasteiger partial charge on any atom is -0.497 e. The maximum absolute atomic E-state index is 10.0. The number of aromatic nitrogens is 1. The van der Waals surface area contributed by atoms with Gasteiger partial charge in [-0.1, -0.05) is 0 Å². The summed E-state index contributed by atoms with van der Waals surface area (Å²) in [7, 11) is 3.40. The largest absolute Gasteiger partial charge is 0.497 e. The molecule has 0 spiro atoms. The smallest absolute Gasteiger partial charge is 0.124 e. The van der Waals surface area contributed by atoms with Gasteiger partial charge in [0.15, 0.2) is 0 Å². The van der Waals surface area contributed by atoms with Gasteiger partial charge in [-0.15, -0.1) is 11.3 Å². The van der Waals surface area contributed by atoms with E-state index in [9.17, 15) is 5.26 Å². The number of nitrogens with two attached hydrogens (primary N) is 1. The number of pyridine rings is 1. The monoisotopic (exact) mass is 420 g/mol. The molecule has 2 aromatic heterocycles. The van der Waals surface area contributed by atoms with Crippen LogP contribution >= 0.6 is 11.3 Å². The van der Waals surface area contributed by atoms with Crippen LogP contribution in [0.25, 0.3) is 21.7 Å². The van der Waals surface area contributed by atoms with Crippen molar-refractivity contribution in [2.24, 2.45) is 0 Å². The lowest BCUT2D eigenvalue weighted by molar-refractivity contribution is 0.121. The van der Waals surface area contributed by atoms with Crippen molar-refractivity contribution in [2.45, 2.75) is 19.4 Å². The lowest BCUT2D eigenvalue weighted by Crippen LogP contribution is -2.22. The SMILES string of the molecule is COc1cc(-c2cc(N)nc(-c3ccc(C)s3)c2C#N)cc(N2CCC(OC)C2)c1. The number of hydrogen-bond donors (Lipinski definition) is 1. The highest BCUT2D eigenvalue weighted by molar-refractivity contribution is 7.15. The summed E-state index contributed by atoms with van der Waals surface area (Å²) in [5.74, 6) is 1.12. The first kappa shape index (κ1) is 20.2. The highest BCUT2D eigenvalue weighted by atomic mass is 32.1. The van der Waals surface area contributed by atoms with Gasteiger partial charge in [0.05, 0.1) is 23.7 Å². The van der Waals surface area contributed by atoms with Crippen LogP contribution in [0.5, 0.6) is 5.75 Å². The van der Waals surface area contributed by atoms with Gasteiger partial charge in [0.1, 0.15) is 23.3 Å². The lowest BCUT2D eigenvalue weighted by atomic mass is 9.98. The first-order chi connectivity index (χ1) is 14.5. The van der Waals surface area contributed by atoms with E-state index in [1.54, 1.807) is 31.6 Å². The molecule has 1 aliphatic rings. The quantitative estimate of drug-likeness (QED) is 0.655. The van der Waals surface area contributed by atoms with Gasteiger partial charge >= 0.3 is 0 Å². The van der Waals surface area contributed by atoms with E-state index in [4.69, 9.17) is 15.2 Å². The number of thiophene rings is 1. The zero-order valence-corrected chi connectivity index (χ0v) is 18.1. The second-order valence-corrected chi connectivity index (χ2v) is 8.64. The van der Waals surface area contributed by atoms with Crippen LogP contribution in [0.4, 0.5) is 11.5 Å². The van der Waals surface area contributed by atoms with Gasteiger partial charge in [-0.2, -0.15) is 5.26 Å². The third-order valence-corrected chi connectivity index (χ3v) is 6.41. The highest BCUT2D eigenvalue weighted by Crippen LogP contribution is 2.38. The average molecular weight is 421 g/mol. The Morgan fingerprint density at radius 1 is 1.23 bits per heavy atom. The average Bonchev–Trinajstić information content (AvgIpc) is 3.41. The van der Waals surface area contributed by atoms with Crippen LogP contribution in [-0.2, 0) is 4.74 Å². The second kappa shape index (κ2) is 8.34. The van der Waals surface area contributed by atoms with Crippen LogP contribution in [0, 0.1) is 18.3 Å². The molecule has 3 aromatic rings. The van der Waals surface area contributed by atoms with Crippen LogP contribution in [0.3, 0.4) is 0 Å². The highest BCUT2D eigenvalue weighted by Gasteiger charge is 2.24. The van der Waals surface area contributed by atoms with E-state index in [2.05, 4.69) is 22.0 Å². The lowest BCUT2D eigenvalue weighted by Gasteiger charge is -2.21. The Labute approximate surface area is 180 Å². The number of nitrogens with zero attached hydrogens (tertiary/aromatic N) is 3. The maximum Gasteiger partial charge on any atom is 0.124 e. The summed E-state index contributed by atoms with van der Waals surface area (Å²) in [6.07, 6.45) is 1.20. The molecule has 1 aliphatic heterocycles. The summed E-state index contributed by atoms with van der Waals surface area (Å²) < 4.78 is 11.1. The van der Waals surface area contributed by atoms with Crippen molar-refractivity contribution in [3.8, 4) is 33.5 Å². The second-order valence-electron chi connectivity index (χ2n) is 7.35. The van der Waals surface area contributed by atoms with Crippen LogP contribution in [0.2, 0.25) is 0 Å². The predicted octanol–water partition coefficient (Wildman–Crippen LogP) is 4.47. The van der Waals surface area contributed by atoms with E-state index in [0.29, 0.717) is 17.1 Å². The Hall–Kier alpha value is -3.08. The van der Waals surface area contributed by atoms with Crippen molar-refractivity contribution >= 4 is 22.8 Å². The summed E-state index contributed by atoms with van der Waals surface area (Å²) in [5, 5.41) is 10.0. The van der Waals surface area contributed by atoms with E-state index in [1.165, 1.54) is 0 Å². The van der Waals surface area contributed by atoms with Crippen LogP contribution < -0.4 is 15.4 Å². The fourth-order valence-corrected chi connectivity index (χ4v) is 4.70. The molecule has 0 saturated carbocycles. The van der Waals surface area contributed by atoms with Crippen molar-refractivity contribution in [1.29, 1.82) is 5.26 Å². The molecule has 0 amide bonds. The zero-order valence-electron chi connectivity index (χ0n) is 17.3. The van der Waals surface area contributed by atoms with Gasteiger partial charge in [0.25, 0.3) is 0 Å². The van der Waals surface area contributed by atoms with Crippen molar-refractivity contribution in [3.63, 3.8) is 0 Å². The number of hydrogen-bond acceptors (Lipinski definition) is 7. The maximum atomic E-state index is 10.0. The summed E-state index contributed by atoms with van der Waals surface area (Å²) in [6.45, 7) is 3.77. The Bertz CT molecular complexity index is 1120. The normalized spacial score (nSPS) is 15.9. The number of benzene rings is 1.